The summed E-state index contributed by atoms with van der Waals surface area (Å²) in [6.45, 7) is 0.338. The summed E-state index contributed by atoms with van der Waals surface area (Å²) >= 11 is 1.49. The zero-order chi connectivity index (χ0) is 14.0. The topological polar surface area (TPSA) is 67.3 Å². The molecule has 1 fully saturated rings. The van der Waals surface area contributed by atoms with Crippen LogP contribution < -0.4 is 0 Å². The smallest absolute Gasteiger partial charge is 0.255 e. The summed E-state index contributed by atoms with van der Waals surface area (Å²) in [6.07, 6.45) is 2.30. The van der Waals surface area contributed by atoms with Crippen LogP contribution in [0.1, 0.15) is 10.4 Å². The maximum absolute atomic E-state index is 13.0. The van der Waals surface area contributed by atoms with Gasteiger partial charge in [0.15, 0.2) is 9.84 Å². The minimum Gasteiger partial charge on any atom is -0.320 e. The molecule has 1 amide bonds. The second-order valence-electron chi connectivity index (χ2n) is 4.22. The molecule has 104 valence electrons. The van der Waals surface area contributed by atoms with Crippen LogP contribution in [0.2, 0.25) is 0 Å². The molecular weight excluding hydrogens is 291 g/mol. The largest absolute Gasteiger partial charge is 0.320 e. The van der Waals surface area contributed by atoms with Gasteiger partial charge in [-0.1, -0.05) is 0 Å². The SMILES string of the molecule is CS(=O)(=O)C1CSCCN1C(=O)c1ccnc(F)c1. The normalized spacial score (nSPS) is 20.3. The highest BCUT2D eigenvalue weighted by Gasteiger charge is 2.34. The molecule has 0 N–H and O–H groups in total. The molecule has 0 aliphatic carbocycles. The van der Waals surface area contributed by atoms with Gasteiger partial charge in [0.1, 0.15) is 5.37 Å². The van der Waals surface area contributed by atoms with Gasteiger partial charge < -0.3 is 4.90 Å². The summed E-state index contributed by atoms with van der Waals surface area (Å²) < 4.78 is 36.4. The number of sulfone groups is 1. The minimum atomic E-state index is -3.36. The van der Waals surface area contributed by atoms with Gasteiger partial charge in [-0.25, -0.2) is 13.4 Å². The summed E-state index contributed by atoms with van der Waals surface area (Å²) in [7, 11) is -3.36. The second-order valence-corrected chi connectivity index (χ2v) is 7.58. The van der Waals surface area contributed by atoms with Crippen LogP contribution in [-0.4, -0.2) is 53.9 Å². The molecule has 0 bridgehead atoms. The summed E-state index contributed by atoms with van der Waals surface area (Å²) in [5, 5.41) is -0.852. The Bertz CT molecular complexity index is 591. The number of rotatable bonds is 2. The quantitative estimate of drug-likeness (QED) is 0.755. The average Bonchev–Trinajstić information content (AvgIpc) is 2.37. The van der Waals surface area contributed by atoms with Gasteiger partial charge in [0, 0.05) is 42.1 Å². The van der Waals surface area contributed by atoms with Crippen LogP contribution in [0.25, 0.3) is 0 Å². The zero-order valence-electron chi connectivity index (χ0n) is 10.2. The first kappa shape index (κ1) is 14.3. The summed E-state index contributed by atoms with van der Waals surface area (Å²) in [5.41, 5.74) is 0.119. The van der Waals surface area contributed by atoms with Gasteiger partial charge in [-0.05, 0) is 6.07 Å². The van der Waals surface area contributed by atoms with E-state index in [9.17, 15) is 17.6 Å². The number of carbonyl (C=O) groups is 1. The first-order valence-corrected chi connectivity index (χ1v) is 8.69. The number of hydrogen-bond acceptors (Lipinski definition) is 5. The van der Waals surface area contributed by atoms with E-state index in [1.54, 1.807) is 0 Å². The van der Waals surface area contributed by atoms with Crippen molar-refractivity contribution in [1.82, 2.24) is 9.88 Å². The maximum Gasteiger partial charge on any atom is 0.255 e. The lowest BCUT2D eigenvalue weighted by atomic mass is 10.2. The monoisotopic (exact) mass is 304 g/mol. The molecule has 2 heterocycles. The molecule has 0 saturated carbocycles. The Hall–Kier alpha value is -1.15. The Morgan fingerprint density at radius 3 is 2.95 bits per heavy atom. The number of halogens is 1. The number of nitrogens with zero attached hydrogens (tertiary/aromatic N) is 2. The lowest BCUT2D eigenvalue weighted by Crippen LogP contribution is -2.49. The predicted octanol–water partition coefficient (Wildman–Crippen LogP) is 0.780. The molecule has 1 saturated heterocycles. The summed E-state index contributed by atoms with van der Waals surface area (Å²) in [6, 6.07) is 2.40. The minimum absolute atomic E-state index is 0.119. The zero-order valence-corrected chi connectivity index (χ0v) is 11.9. The van der Waals surface area contributed by atoms with Gasteiger partial charge in [-0.3, -0.25) is 4.79 Å². The number of pyridine rings is 1. The highest BCUT2D eigenvalue weighted by molar-refractivity contribution is 8.00. The first-order chi connectivity index (χ1) is 8.89. The van der Waals surface area contributed by atoms with Crippen LogP contribution in [0.15, 0.2) is 18.3 Å². The molecule has 1 aliphatic heterocycles. The average molecular weight is 304 g/mol. The highest BCUT2D eigenvalue weighted by atomic mass is 32.2. The van der Waals surface area contributed by atoms with Crippen molar-refractivity contribution in [3.05, 3.63) is 29.8 Å². The van der Waals surface area contributed by atoms with E-state index < -0.39 is 27.1 Å². The molecule has 8 heteroatoms. The Morgan fingerprint density at radius 2 is 2.32 bits per heavy atom. The summed E-state index contributed by atoms with van der Waals surface area (Å²) in [4.78, 5) is 16.9. The first-order valence-electron chi connectivity index (χ1n) is 5.59. The second kappa shape index (κ2) is 5.46. The number of thioether (sulfide) groups is 1. The Morgan fingerprint density at radius 1 is 1.58 bits per heavy atom. The van der Waals surface area contributed by atoms with E-state index in [-0.39, 0.29) is 5.56 Å². The summed E-state index contributed by atoms with van der Waals surface area (Å²) in [5.74, 6) is -0.214. The molecular formula is C11H13FN2O3S2. The number of aromatic nitrogens is 1. The maximum atomic E-state index is 13.0. The predicted molar refractivity (Wildman–Crippen MR) is 71.2 cm³/mol. The van der Waals surface area contributed by atoms with Gasteiger partial charge in [0.05, 0.1) is 0 Å². The van der Waals surface area contributed by atoms with Crippen molar-refractivity contribution in [3.8, 4) is 0 Å². The molecule has 0 radical (unpaired) electrons. The van der Waals surface area contributed by atoms with E-state index >= 15 is 0 Å². The molecule has 5 nitrogen and oxygen atoms in total. The van der Waals surface area contributed by atoms with E-state index in [0.717, 1.165) is 12.3 Å². The van der Waals surface area contributed by atoms with Crippen molar-refractivity contribution in [2.75, 3.05) is 24.3 Å². The van der Waals surface area contributed by atoms with Crippen molar-refractivity contribution >= 4 is 27.5 Å². The third-order valence-corrected chi connectivity index (χ3v) is 5.46. The van der Waals surface area contributed by atoms with E-state index in [4.69, 9.17) is 0 Å². The molecule has 1 unspecified atom stereocenters. The fourth-order valence-electron chi connectivity index (χ4n) is 1.87. The van der Waals surface area contributed by atoms with E-state index in [1.165, 1.54) is 28.9 Å². The van der Waals surface area contributed by atoms with Gasteiger partial charge in [0.25, 0.3) is 5.91 Å². The van der Waals surface area contributed by atoms with Crippen molar-refractivity contribution in [2.24, 2.45) is 0 Å². The molecule has 1 aliphatic rings. The molecule has 1 atom stereocenters. The molecule has 1 aromatic heterocycles. The standard InChI is InChI=1S/C11H13FN2O3S2/c1-19(16,17)10-7-18-5-4-14(10)11(15)8-2-3-13-9(12)6-8/h2-3,6,10H,4-5,7H2,1H3. The molecule has 19 heavy (non-hydrogen) atoms. The lowest BCUT2D eigenvalue weighted by Gasteiger charge is -2.34. The van der Waals surface area contributed by atoms with Gasteiger partial charge in [-0.15, -0.1) is 0 Å². The van der Waals surface area contributed by atoms with Crippen LogP contribution >= 0.6 is 11.8 Å². The Kier molecular flexibility index (Phi) is 4.10. The molecule has 2 rings (SSSR count). The molecule has 0 spiro atoms. The number of carbonyl (C=O) groups excluding carboxylic acids is 1. The highest BCUT2D eigenvalue weighted by Crippen LogP contribution is 2.22. The van der Waals surface area contributed by atoms with E-state index in [1.807, 2.05) is 0 Å². The fourth-order valence-corrected chi connectivity index (χ4v) is 4.68. The van der Waals surface area contributed by atoms with Gasteiger partial charge in [0.2, 0.25) is 5.95 Å². The third kappa shape index (κ3) is 3.24. The van der Waals surface area contributed by atoms with Crippen molar-refractivity contribution in [2.45, 2.75) is 5.37 Å². The van der Waals surface area contributed by atoms with Crippen LogP contribution in [0.4, 0.5) is 4.39 Å². The van der Waals surface area contributed by atoms with E-state index in [2.05, 4.69) is 4.98 Å². The van der Waals surface area contributed by atoms with Crippen LogP contribution in [-0.2, 0) is 9.84 Å². The number of amides is 1. The Balaban J connectivity index is 2.30. The fraction of sp³-hybridized carbons (Fsp3) is 0.455. The van der Waals surface area contributed by atoms with E-state index in [0.29, 0.717) is 18.1 Å². The number of hydrogen-bond donors (Lipinski definition) is 0. The van der Waals surface area contributed by atoms with Crippen molar-refractivity contribution in [3.63, 3.8) is 0 Å². The Labute approximate surface area is 115 Å². The third-order valence-electron chi connectivity index (χ3n) is 2.81. The molecule has 0 aromatic carbocycles. The lowest BCUT2D eigenvalue weighted by molar-refractivity contribution is 0.0749. The van der Waals surface area contributed by atoms with Crippen LogP contribution in [0, 0.1) is 5.95 Å². The van der Waals surface area contributed by atoms with Crippen molar-refractivity contribution in [1.29, 1.82) is 0 Å². The van der Waals surface area contributed by atoms with Gasteiger partial charge >= 0.3 is 0 Å². The van der Waals surface area contributed by atoms with Crippen LogP contribution in [0.5, 0.6) is 0 Å². The van der Waals surface area contributed by atoms with Crippen molar-refractivity contribution < 1.29 is 17.6 Å². The van der Waals surface area contributed by atoms with Gasteiger partial charge in [-0.2, -0.15) is 16.2 Å². The van der Waals surface area contributed by atoms with Crippen LogP contribution in [0.3, 0.4) is 0 Å². The molecule has 1 aromatic rings.